The van der Waals surface area contributed by atoms with Crippen molar-refractivity contribution in [2.24, 2.45) is 0 Å². The van der Waals surface area contributed by atoms with E-state index in [2.05, 4.69) is 18.7 Å². The minimum atomic E-state index is -5.84. The van der Waals surface area contributed by atoms with Crippen LogP contribution in [0.4, 0.5) is 13.2 Å². The first-order valence-corrected chi connectivity index (χ1v) is 10.8. The van der Waals surface area contributed by atoms with Crippen molar-refractivity contribution in [3.05, 3.63) is 0 Å². The molecule has 8 heteroatoms. The van der Waals surface area contributed by atoms with Crippen LogP contribution >= 0.6 is 0 Å². The Balaban J connectivity index is 0.000000609. The van der Waals surface area contributed by atoms with E-state index in [4.69, 9.17) is 13.0 Å². The van der Waals surface area contributed by atoms with E-state index in [0.717, 1.165) is 6.04 Å². The highest BCUT2D eigenvalue weighted by molar-refractivity contribution is 7.86. The van der Waals surface area contributed by atoms with Crippen LogP contribution in [-0.4, -0.2) is 42.5 Å². The quantitative estimate of drug-likeness (QED) is 0.326. The summed E-state index contributed by atoms with van der Waals surface area (Å²) in [5.41, 5.74) is -5.53. The summed E-state index contributed by atoms with van der Waals surface area (Å²) in [6, 6.07) is 0.921. The lowest BCUT2D eigenvalue weighted by Crippen LogP contribution is -2.39. The van der Waals surface area contributed by atoms with Crippen molar-refractivity contribution < 1.29 is 26.1 Å². The van der Waals surface area contributed by atoms with Crippen LogP contribution in [0.5, 0.6) is 0 Å². The van der Waals surface area contributed by atoms with Crippen LogP contribution < -0.4 is 0 Å². The highest BCUT2D eigenvalue weighted by Gasteiger charge is 2.44. The second kappa shape index (κ2) is 12.9. The Labute approximate surface area is 150 Å². The van der Waals surface area contributed by atoms with Gasteiger partial charge < -0.3 is 4.90 Å². The molecule has 0 amide bonds. The predicted octanol–water partition coefficient (Wildman–Crippen LogP) is 5.40. The number of likely N-dealkylation sites (tertiary alicyclic amines) is 1. The van der Waals surface area contributed by atoms with E-state index in [-0.39, 0.29) is 0 Å². The smallest absolute Gasteiger partial charge is 0.300 e. The number of piperidine rings is 1. The van der Waals surface area contributed by atoms with Gasteiger partial charge in [-0.3, -0.25) is 4.55 Å². The fourth-order valence-corrected chi connectivity index (χ4v) is 3.11. The van der Waals surface area contributed by atoms with Gasteiger partial charge in [-0.25, -0.2) is 0 Å². The summed E-state index contributed by atoms with van der Waals surface area (Å²) in [6.45, 7) is 7.37. The first kappa shape index (κ1) is 24.7. The molecule has 0 aromatic heterocycles. The van der Waals surface area contributed by atoms with E-state index in [1.807, 2.05) is 0 Å². The van der Waals surface area contributed by atoms with Gasteiger partial charge in [0.2, 0.25) is 0 Å². The van der Waals surface area contributed by atoms with Crippen molar-refractivity contribution in [1.29, 1.82) is 0 Å². The number of halogens is 3. The summed E-state index contributed by atoms with van der Waals surface area (Å²) in [4.78, 5) is 2.78. The molecule has 1 fully saturated rings. The van der Waals surface area contributed by atoms with Crippen molar-refractivity contribution in [2.45, 2.75) is 96.0 Å². The topological polar surface area (TPSA) is 57.6 Å². The molecule has 4 nitrogen and oxygen atoms in total. The zero-order valence-electron chi connectivity index (χ0n) is 15.5. The lowest BCUT2D eigenvalue weighted by Gasteiger charge is -2.35. The van der Waals surface area contributed by atoms with E-state index in [0.29, 0.717) is 0 Å². The molecule has 1 aliphatic heterocycles. The Kier molecular flexibility index (Phi) is 12.7. The largest absolute Gasteiger partial charge is 0.522 e. The lowest BCUT2D eigenvalue weighted by molar-refractivity contribution is -0.0510. The Bertz CT molecular complexity index is 425. The second-order valence-corrected chi connectivity index (χ2v) is 8.08. The van der Waals surface area contributed by atoms with E-state index in [1.54, 1.807) is 0 Å². The maximum atomic E-state index is 10.7. The van der Waals surface area contributed by atoms with Gasteiger partial charge in [0.25, 0.3) is 0 Å². The van der Waals surface area contributed by atoms with Gasteiger partial charge in [0.15, 0.2) is 0 Å². The first-order chi connectivity index (χ1) is 11.6. The molecule has 0 saturated carbocycles. The summed E-state index contributed by atoms with van der Waals surface area (Å²) < 4.78 is 57.5. The van der Waals surface area contributed by atoms with Gasteiger partial charge >= 0.3 is 15.6 Å². The Hall–Kier alpha value is -0.340. The number of rotatable bonds is 9. The highest BCUT2D eigenvalue weighted by atomic mass is 32.2. The summed E-state index contributed by atoms with van der Waals surface area (Å²) in [5.74, 6) is 0. The van der Waals surface area contributed by atoms with Crippen molar-refractivity contribution in [3.63, 3.8) is 0 Å². The van der Waals surface area contributed by atoms with Gasteiger partial charge in [-0.15, -0.1) is 0 Å². The van der Waals surface area contributed by atoms with E-state index in [9.17, 15) is 13.2 Å². The molecule has 1 unspecified atom stereocenters. The Morgan fingerprint density at radius 2 is 1.56 bits per heavy atom. The average Bonchev–Trinajstić information content (AvgIpc) is 2.51. The van der Waals surface area contributed by atoms with Crippen LogP contribution in [0.2, 0.25) is 0 Å². The Morgan fingerprint density at radius 1 is 1.00 bits per heavy atom. The van der Waals surface area contributed by atoms with Crippen molar-refractivity contribution in [1.82, 2.24) is 4.90 Å². The number of nitrogens with zero attached hydrogens (tertiary/aromatic N) is 1. The molecule has 0 radical (unpaired) electrons. The van der Waals surface area contributed by atoms with E-state index >= 15 is 0 Å². The molecule has 0 spiro atoms. The van der Waals surface area contributed by atoms with Crippen molar-refractivity contribution in [3.8, 4) is 0 Å². The van der Waals surface area contributed by atoms with Crippen molar-refractivity contribution >= 4 is 10.1 Å². The lowest BCUT2D eigenvalue weighted by atomic mass is 9.98. The summed E-state index contributed by atoms with van der Waals surface area (Å²) in [7, 11) is -5.84. The van der Waals surface area contributed by atoms with Crippen LogP contribution in [0.3, 0.4) is 0 Å². The third-order valence-corrected chi connectivity index (χ3v) is 5.05. The SMILES string of the molecule is CCCCCCCCN1CCCCC1CCC.O=S(=O)(O)C(F)(F)F. The van der Waals surface area contributed by atoms with Crippen LogP contribution in [0, 0.1) is 0 Å². The molecule has 1 rings (SSSR count). The molecule has 1 heterocycles. The minimum absolute atomic E-state index is 0.921. The molecule has 0 aromatic carbocycles. The number of unbranched alkanes of at least 4 members (excludes halogenated alkanes) is 5. The molecule has 1 N–H and O–H groups in total. The fraction of sp³-hybridized carbons (Fsp3) is 1.00. The normalized spacial score (nSPS) is 19.4. The molecule has 0 aliphatic carbocycles. The number of hydrogen-bond donors (Lipinski definition) is 1. The average molecular weight is 390 g/mol. The minimum Gasteiger partial charge on any atom is -0.300 e. The molecule has 0 bridgehead atoms. The van der Waals surface area contributed by atoms with Crippen LogP contribution in [-0.2, 0) is 10.1 Å². The summed E-state index contributed by atoms with van der Waals surface area (Å²) >= 11 is 0. The zero-order valence-corrected chi connectivity index (χ0v) is 16.3. The molecule has 0 aromatic rings. The third kappa shape index (κ3) is 11.8. The number of alkyl halides is 3. The van der Waals surface area contributed by atoms with Crippen LogP contribution in [0.25, 0.3) is 0 Å². The fourth-order valence-electron chi connectivity index (χ4n) is 3.11. The van der Waals surface area contributed by atoms with Crippen LogP contribution in [0.1, 0.15) is 84.5 Å². The third-order valence-electron chi connectivity index (χ3n) is 4.46. The molecule has 1 aliphatic rings. The summed E-state index contributed by atoms with van der Waals surface area (Å²) in [5, 5.41) is 0. The van der Waals surface area contributed by atoms with Gasteiger partial charge in [-0.1, -0.05) is 58.8 Å². The van der Waals surface area contributed by atoms with Gasteiger partial charge in [-0.05, 0) is 38.8 Å². The predicted molar refractivity (Wildman–Crippen MR) is 95.1 cm³/mol. The molecular formula is C17H34F3NO3S. The van der Waals surface area contributed by atoms with Gasteiger partial charge in [0.05, 0.1) is 0 Å². The molecule has 25 heavy (non-hydrogen) atoms. The maximum Gasteiger partial charge on any atom is 0.522 e. The van der Waals surface area contributed by atoms with Gasteiger partial charge in [-0.2, -0.15) is 21.6 Å². The first-order valence-electron chi connectivity index (χ1n) is 9.41. The monoisotopic (exact) mass is 389 g/mol. The van der Waals surface area contributed by atoms with Gasteiger partial charge in [0.1, 0.15) is 0 Å². The van der Waals surface area contributed by atoms with Gasteiger partial charge in [0, 0.05) is 6.04 Å². The van der Waals surface area contributed by atoms with E-state index < -0.39 is 15.6 Å². The summed E-state index contributed by atoms with van der Waals surface area (Å²) in [6.07, 6.45) is 15.8. The van der Waals surface area contributed by atoms with Crippen molar-refractivity contribution in [2.75, 3.05) is 13.1 Å². The molecular weight excluding hydrogens is 355 g/mol. The molecule has 152 valence electrons. The maximum absolute atomic E-state index is 10.7. The highest BCUT2D eigenvalue weighted by Crippen LogP contribution is 2.22. The van der Waals surface area contributed by atoms with Crippen LogP contribution in [0.15, 0.2) is 0 Å². The number of hydrogen-bond acceptors (Lipinski definition) is 3. The molecule has 1 saturated heterocycles. The second-order valence-electron chi connectivity index (χ2n) is 6.66. The Morgan fingerprint density at radius 3 is 2.08 bits per heavy atom. The zero-order chi connectivity index (χ0) is 19.3. The van der Waals surface area contributed by atoms with E-state index in [1.165, 1.54) is 83.7 Å². The molecule has 1 atom stereocenters. The standard InChI is InChI=1S/C16H33N.CHF3O3S/c1-3-5-6-7-8-10-14-17-15-11-9-13-16(17)12-4-2;2-1(3,4)8(5,6)7/h16H,3-15H2,1-2H3;(H,5,6,7).